The van der Waals surface area contributed by atoms with Crippen LogP contribution in [0.3, 0.4) is 0 Å². The lowest BCUT2D eigenvalue weighted by molar-refractivity contribution is -0.114. The summed E-state index contributed by atoms with van der Waals surface area (Å²) in [4.78, 5) is 16.1. The summed E-state index contributed by atoms with van der Waals surface area (Å²) < 4.78 is 32.2. The van der Waals surface area contributed by atoms with Gasteiger partial charge >= 0.3 is 0 Å². The molecule has 9 heteroatoms. The van der Waals surface area contributed by atoms with Crippen molar-refractivity contribution in [2.45, 2.75) is 18.7 Å². The van der Waals surface area contributed by atoms with Gasteiger partial charge in [-0.3, -0.25) is 9.52 Å². The second kappa shape index (κ2) is 6.32. The predicted octanol–water partition coefficient (Wildman–Crippen LogP) is 2.22. The third-order valence-electron chi connectivity index (χ3n) is 2.63. The zero-order chi connectivity index (χ0) is 16.3. The third kappa shape index (κ3) is 3.74. The number of methoxy groups -OCH3 is 1. The van der Waals surface area contributed by atoms with Crippen LogP contribution in [0.5, 0.6) is 5.75 Å². The number of thiazole rings is 1. The van der Waals surface area contributed by atoms with Crippen LogP contribution >= 0.6 is 11.3 Å². The van der Waals surface area contributed by atoms with Crippen LogP contribution in [-0.2, 0) is 14.8 Å². The Morgan fingerprint density at radius 2 is 2.09 bits per heavy atom. The van der Waals surface area contributed by atoms with Gasteiger partial charge in [-0.1, -0.05) is 0 Å². The number of hydrogen-bond donors (Lipinski definition) is 2. The molecule has 0 unspecified atom stereocenters. The lowest BCUT2D eigenvalue weighted by Gasteiger charge is -2.11. The van der Waals surface area contributed by atoms with Crippen molar-refractivity contribution in [3.63, 3.8) is 0 Å². The number of amides is 1. The summed E-state index contributed by atoms with van der Waals surface area (Å²) >= 11 is 1.24. The van der Waals surface area contributed by atoms with Crippen molar-refractivity contribution in [1.29, 1.82) is 0 Å². The van der Waals surface area contributed by atoms with E-state index in [0.29, 0.717) is 5.75 Å². The van der Waals surface area contributed by atoms with Crippen LogP contribution < -0.4 is 14.8 Å². The SMILES string of the molecule is COc1ccc(S(=O)(=O)Nc2ncc(C)s2)cc1NC(C)=O. The standard InChI is InChI=1S/C13H15N3O4S2/c1-8-7-14-13(21-8)16-22(18,19)10-4-5-12(20-3)11(6-10)15-9(2)17/h4-7H,1-3H3,(H,14,16)(H,15,17). The molecule has 0 atom stereocenters. The number of carbonyl (C=O) groups is 1. The highest BCUT2D eigenvalue weighted by atomic mass is 32.2. The zero-order valence-electron chi connectivity index (χ0n) is 12.2. The summed E-state index contributed by atoms with van der Waals surface area (Å²) in [6, 6.07) is 4.21. The molecule has 1 heterocycles. The molecule has 118 valence electrons. The molecule has 2 N–H and O–H groups in total. The van der Waals surface area contributed by atoms with E-state index in [1.54, 1.807) is 6.20 Å². The number of sulfonamides is 1. The second-order valence-corrected chi connectivity index (χ2v) is 7.34. The molecule has 0 aliphatic heterocycles. The molecule has 0 fully saturated rings. The van der Waals surface area contributed by atoms with Crippen molar-refractivity contribution in [3.8, 4) is 5.75 Å². The van der Waals surface area contributed by atoms with E-state index in [4.69, 9.17) is 4.74 Å². The van der Waals surface area contributed by atoms with Crippen LogP contribution in [0.4, 0.5) is 10.8 Å². The number of aryl methyl sites for hydroxylation is 1. The Morgan fingerprint density at radius 3 is 2.64 bits per heavy atom. The number of nitrogens with one attached hydrogen (secondary N) is 2. The minimum absolute atomic E-state index is 0.00454. The molecule has 1 aromatic carbocycles. The number of nitrogens with zero attached hydrogens (tertiary/aromatic N) is 1. The molecule has 0 radical (unpaired) electrons. The normalized spacial score (nSPS) is 11.0. The Labute approximate surface area is 132 Å². The van der Waals surface area contributed by atoms with Gasteiger partial charge in [-0.2, -0.15) is 0 Å². The van der Waals surface area contributed by atoms with E-state index in [0.717, 1.165) is 4.88 Å². The van der Waals surface area contributed by atoms with E-state index < -0.39 is 10.0 Å². The summed E-state index contributed by atoms with van der Waals surface area (Å²) in [6.07, 6.45) is 1.58. The van der Waals surface area contributed by atoms with Gasteiger partial charge < -0.3 is 10.1 Å². The van der Waals surface area contributed by atoms with Crippen molar-refractivity contribution < 1.29 is 17.9 Å². The average molecular weight is 341 g/mol. The molecule has 0 saturated carbocycles. The number of hydrogen-bond acceptors (Lipinski definition) is 6. The minimum atomic E-state index is -3.79. The third-order valence-corrected chi connectivity index (χ3v) is 4.93. The molecule has 1 aromatic heterocycles. The highest BCUT2D eigenvalue weighted by Crippen LogP contribution is 2.29. The zero-order valence-corrected chi connectivity index (χ0v) is 13.8. The molecule has 2 rings (SSSR count). The van der Waals surface area contributed by atoms with Gasteiger partial charge in [0.1, 0.15) is 5.75 Å². The number of benzene rings is 1. The van der Waals surface area contributed by atoms with Gasteiger partial charge in [0.05, 0.1) is 17.7 Å². The topological polar surface area (TPSA) is 97.4 Å². The summed E-state index contributed by atoms with van der Waals surface area (Å²) in [5.74, 6) is 0.0515. The Kier molecular flexibility index (Phi) is 4.67. The van der Waals surface area contributed by atoms with Crippen LogP contribution in [0, 0.1) is 6.92 Å². The number of carbonyl (C=O) groups excluding carboxylic acids is 1. The van der Waals surface area contributed by atoms with Gasteiger partial charge in [-0.05, 0) is 25.1 Å². The van der Waals surface area contributed by atoms with Crippen molar-refractivity contribution in [1.82, 2.24) is 4.98 Å². The second-order valence-electron chi connectivity index (χ2n) is 4.42. The maximum Gasteiger partial charge on any atom is 0.263 e. The van der Waals surface area contributed by atoms with Gasteiger partial charge in [-0.25, -0.2) is 13.4 Å². The molecule has 1 amide bonds. The molecule has 0 spiro atoms. The molecular weight excluding hydrogens is 326 g/mol. The first kappa shape index (κ1) is 16.2. The van der Waals surface area contributed by atoms with Gasteiger partial charge in [0.25, 0.3) is 10.0 Å². The Bertz CT molecular complexity index is 799. The first-order valence-corrected chi connectivity index (χ1v) is 8.52. The Morgan fingerprint density at radius 1 is 1.36 bits per heavy atom. The number of anilines is 2. The van der Waals surface area contributed by atoms with Crippen LogP contribution in [0.15, 0.2) is 29.3 Å². The summed E-state index contributed by atoms with van der Waals surface area (Å²) in [6.45, 7) is 3.16. The van der Waals surface area contributed by atoms with Crippen LogP contribution in [0.1, 0.15) is 11.8 Å². The smallest absolute Gasteiger partial charge is 0.263 e. The van der Waals surface area contributed by atoms with Gasteiger partial charge in [0.2, 0.25) is 5.91 Å². The minimum Gasteiger partial charge on any atom is -0.495 e. The molecule has 0 saturated heterocycles. The fourth-order valence-electron chi connectivity index (χ4n) is 1.72. The predicted molar refractivity (Wildman–Crippen MR) is 85.0 cm³/mol. The largest absolute Gasteiger partial charge is 0.495 e. The maximum absolute atomic E-state index is 12.4. The van der Waals surface area contributed by atoms with E-state index in [9.17, 15) is 13.2 Å². The summed E-state index contributed by atoms with van der Waals surface area (Å²) in [5, 5.41) is 2.82. The fraction of sp³-hybridized carbons (Fsp3) is 0.231. The van der Waals surface area contributed by atoms with Crippen molar-refractivity contribution in [2.24, 2.45) is 0 Å². The Hall–Kier alpha value is -2.13. The van der Waals surface area contributed by atoms with Crippen molar-refractivity contribution in [2.75, 3.05) is 17.1 Å². The van der Waals surface area contributed by atoms with E-state index in [1.807, 2.05) is 6.92 Å². The highest BCUT2D eigenvalue weighted by molar-refractivity contribution is 7.93. The van der Waals surface area contributed by atoms with E-state index in [1.165, 1.54) is 43.6 Å². The van der Waals surface area contributed by atoms with Crippen LogP contribution in [0.25, 0.3) is 0 Å². The number of rotatable bonds is 5. The monoisotopic (exact) mass is 341 g/mol. The average Bonchev–Trinajstić information content (AvgIpc) is 2.82. The quantitative estimate of drug-likeness (QED) is 0.869. The van der Waals surface area contributed by atoms with Gasteiger partial charge in [0.15, 0.2) is 5.13 Å². The van der Waals surface area contributed by atoms with E-state index in [-0.39, 0.29) is 21.6 Å². The number of ether oxygens (including phenoxy) is 1. The van der Waals surface area contributed by atoms with Crippen molar-refractivity contribution >= 4 is 38.1 Å². The highest BCUT2D eigenvalue weighted by Gasteiger charge is 2.18. The fourth-order valence-corrected chi connectivity index (χ4v) is 3.65. The number of aromatic nitrogens is 1. The first-order chi connectivity index (χ1) is 10.3. The molecule has 22 heavy (non-hydrogen) atoms. The summed E-state index contributed by atoms with van der Waals surface area (Å²) in [5.41, 5.74) is 0.285. The molecule has 7 nitrogen and oxygen atoms in total. The Balaban J connectivity index is 2.36. The van der Waals surface area contributed by atoms with Gasteiger partial charge in [-0.15, -0.1) is 11.3 Å². The van der Waals surface area contributed by atoms with Crippen LogP contribution in [-0.4, -0.2) is 26.4 Å². The lowest BCUT2D eigenvalue weighted by atomic mass is 10.3. The maximum atomic E-state index is 12.4. The molecular formula is C13H15N3O4S2. The van der Waals surface area contributed by atoms with Crippen LogP contribution in [0.2, 0.25) is 0 Å². The molecule has 2 aromatic rings. The van der Waals surface area contributed by atoms with Crippen molar-refractivity contribution in [3.05, 3.63) is 29.3 Å². The van der Waals surface area contributed by atoms with Gasteiger partial charge in [0, 0.05) is 18.0 Å². The molecule has 0 bridgehead atoms. The van der Waals surface area contributed by atoms with E-state index in [2.05, 4.69) is 15.0 Å². The molecule has 0 aliphatic carbocycles. The van der Waals surface area contributed by atoms with E-state index >= 15 is 0 Å². The summed E-state index contributed by atoms with van der Waals surface area (Å²) in [7, 11) is -2.36. The molecule has 0 aliphatic rings. The first-order valence-electron chi connectivity index (χ1n) is 6.22. The lowest BCUT2D eigenvalue weighted by Crippen LogP contribution is -2.14.